The molecule has 13 heavy (non-hydrogen) atoms. The van der Waals surface area contributed by atoms with Crippen molar-refractivity contribution in [3.05, 3.63) is 11.4 Å². The second-order valence-corrected chi connectivity index (χ2v) is 3.59. The molecule has 0 spiro atoms. The van der Waals surface area contributed by atoms with Crippen molar-refractivity contribution in [1.82, 2.24) is 10.3 Å². The molecule has 5 heteroatoms. The first kappa shape index (κ1) is 8.65. The molecule has 0 bridgehead atoms. The molecule has 1 fully saturated rings. The molecule has 3 N–H and O–H groups in total. The SMILES string of the molecule is Cc1nonc1C[NH+]1CC[NH2+]CC1. The van der Waals surface area contributed by atoms with Crippen LogP contribution in [-0.2, 0) is 6.54 Å². The number of piperazine rings is 1. The van der Waals surface area contributed by atoms with E-state index in [0.717, 1.165) is 17.9 Å². The molecule has 0 radical (unpaired) electrons. The molecule has 0 amide bonds. The lowest BCUT2D eigenvalue weighted by Gasteiger charge is -2.20. The molecule has 0 saturated carbocycles. The monoisotopic (exact) mass is 184 g/mol. The van der Waals surface area contributed by atoms with Crippen molar-refractivity contribution in [3.63, 3.8) is 0 Å². The number of nitrogens with one attached hydrogen (secondary N) is 1. The Morgan fingerprint density at radius 3 is 2.77 bits per heavy atom. The lowest BCUT2D eigenvalue weighted by atomic mass is 10.3. The maximum Gasteiger partial charge on any atom is 0.162 e. The molecule has 0 atom stereocenters. The molecule has 2 rings (SSSR count). The van der Waals surface area contributed by atoms with Crippen LogP contribution in [0.1, 0.15) is 11.4 Å². The Labute approximate surface area is 77.1 Å². The molecule has 1 saturated heterocycles. The van der Waals surface area contributed by atoms with E-state index in [1.807, 2.05) is 6.92 Å². The average molecular weight is 184 g/mol. The summed E-state index contributed by atoms with van der Waals surface area (Å²) < 4.78 is 4.67. The number of aromatic nitrogens is 2. The zero-order valence-corrected chi connectivity index (χ0v) is 7.92. The smallest absolute Gasteiger partial charge is 0.162 e. The summed E-state index contributed by atoms with van der Waals surface area (Å²) in [6.07, 6.45) is 0. The minimum atomic E-state index is 0.932. The molecule has 1 aliphatic heterocycles. The number of hydrogen-bond donors (Lipinski definition) is 2. The van der Waals surface area contributed by atoms with E-state index in [0.29, 0.717) is 0 Å². The summed E-state index contributed by atoms with van der Waals surface area (Å²) in [5.74, 6) is 0. The normalized spacial score (nSPS) is 19.2. The second-order valence-electron chi connectivity index (χ2n) is 3.59. The molecule has 1 aliphatic rings. The minimum Gasteiger partial charge on any atom is -0.337 e. The summed E-state index contributed by atoms with van der Waals surface area (Å²) in [4.78, 5) is 1.58. The Morgan fingerprint density at radius 1 is 1.38 bits per heavy atom. The molecule has 5 nitrogen and oxygen atoms in total. The van der Waals surface area contributed by atoms with Crippen LogP contribution in [0.15, 0.2) is 4.63 Å². The summed E-state index contributed by atoms with van der Waals surface area (Å²) in [6.45, 7) is 7.78. The Balaban J connectivity index is 1.93. The van der Waals surface area contributed by atoms with Gasteiger partial charge in [0.2, 0.25) is 0 Å². The molecular formula is C8H16N4O+2. The van der Waals surface area contributed by atoms with E-state index in [4.69, 9.17) is 0 Å². The van der Waals surface area contributed by atoms with Crippen molar-refractivity contribution < 1.29 is 14.8 Å². The predicted octanol–water partition coefficient (Wildman–Crippen LogP) is -2.66. The van der Waals surface area contributed by atoms with Crippen LogP contribution in [0, 0.1) is 6.92 Å². The Morgan fingerprint density at radius 2 is 2.15 bits per heavy atom. The summed E-state index contributed by atoms with van der Waals surface area (Å²) in [6, 6.07) is 0. The Hall–Kier alpha value is -0.940. The number of nitrogens with zero attached hydrogens (tertiary/aromatic N) is 2. The zero-order chi connectivity index (χ0) is 9.10. The van der Waals surface area contributed by atoms with Crippen LogP contribution in [0.25, 0.3) is 0 Å². The van der Waals surface area contributed by atoms with Gasteiger partial charge in [0.25, 0.3) is 0 Å². The molecule has 2 heterocycles. The standard InChI is InChI=1S/C8H14N4O/c1-7-8(11-13-10-7)6-12-4-2-9-3-5-12/h9H,2-6H2,1H3/p+2. The maximum absolute atomic E-state index is 4.67. The quantitative estimate of drug-likeness (QED) is 0.527. The van der Waals surface area contributed by atoms with E-state index in [2.05, 4.69) is 20.3 Å². The van der Waals surface area contributed by atoms with E-state index in [9.17, 15) is 0 Å². The van der Waals surface area contributed by atoms with Crippen molar-refractivity contribution in [1.29, 1.82) is 0 Å². The van der Waals surface area contributed by atoms with Gasteiger partial charge >= 0.3 is 0 Å². The van der Waals surface area contributed by atoms with E-state index in [1.54, 1.807) is 4.90 Å². The maximum atomic E-state index is 4.67. The van der Waals surface area contributed by atoms with E-state index >= 15 is 0 Å². The third-order valence-corrected chi connectivity index (χ3v) is 2.57. The number of quaternary nitrogens is 2. The van der Waals surface area contributed by atoms with Crippen molar-refractivity contribution in [2.75, 3.05) is 26.2 Å². The van der Waals surface area contributed by atoms with Gasteiger partial charge in [-0.2, -0.15) is 0 Å². The van der Waals surface area contributed by atoms with Gasteiger partial charge < -0.3 is 10.2 Å². The largest absolute Gasteiger partial charge is 0.337 e. The van der Waals surface area contributed by atoms with Crippen LogP contribution < -0.4 is 10.2 Å². The number of rotatable bonds is 2. The van der Waals surface area contributed by atoms with E-state index in [1.165, 1.54) is 26.2 Å². The summed E-state index contributed by atoms with van der Waals surface area (Å²) in [5, 5.41) is 10.0. The molecule has 72 valence electrons. The van der Waals surface area contributed by atoms with Gasteiger partial charge in [-0.3, -0.25) is 0 Å². The lowest BCUT2D eigenvalue weighted by Crippen LogP contribution is -3.19. The second kappa shape index (κ2) is 3.85. The van der Waals surface area contributed by atoms with Crippen LogP contribution in [-0.4, -0.2) is 36.5 Å². The fourth-order valence-electron chi connectivity index (χ4n) is 1.71. The molecule has 1 aromatic rings. The molecule has 0 unspecified atom stereocenters. The topological polar surface area (TPSA) is 60.0 Å². The van der Waals surface area contributed by atoms with E-state index in [-0.39, 0.29) is 0 Å². The van der Waals surface area contributed by atoms with Crippen molar-refractivity contribution in [3.8, 4) is 0 Å². The van der Waals surface area contributed by atoms with Crippen LogP contribution in [0.3, 0.4) is 0 Å². The fourth-order valence-corrected chi connectivity index (χ4v) is 1.71. The minimum absolute atomic E-state index is 0.932. The summed E-state index contributed by atoms with van der Waals surface area (Å²) in [5.41, 5.74) is 1.94. The summed E-state index contributed by atoms with van der Waals surface area (Å²) in [7, 11) is 0. The van der Waals surface area contributed by atoms with Gasteiger partial charge in [-0.15, -0.1) is 0 Å². The number of nitrogens with two attached hydrogens (primary N) is 1. The first-order valence-corrected chi connectivity index (χ1v) is 4.79. The molecule has 0 aliphatic carbocycles. The first-order valence-electron chi connectivity index (χ1n) is 4.79. The predicted molar refractivity (Wildman–Crippen MR) is 45.1 cm³/mol. The van der Waals surface area contributed by atoms with Crippen LogP contribution in [0.2, 0.25) is 0 Å². The van der Waals surface area contributed by atoms with Crippen molar-refractivity contribution in [2.45, 2.75) is 13.5 Å². The van der Waals surface area contributed by atoms with Gasteiger partial charge in [-0.1, -0.05) is 5.16 Å². The molecular weight excluding hydrogens is 168 g/mol. The fraction of sp³-hybridized carbons (Fsp3) is 0.750. The third-order valence-electron chi connectivity index (χ3n) is 2.57. The summed E-state index contributed by atoms with van der Waals surface area (Å²) >= 11 is 0. The van der Waals surface area contributed by atoms with Gasteiger partial charge in [0.1, 0.15) is 38.4 Å². The highest BCUT2D eigenvalue weighted by molar-refractivity contribution is 5.02. The van der Waals surface area contributed by atoms with Gasteiger partial charge in [0.05, 0.1) is 0 Å². The van der Waals surface area contributed by atoms with Gasteiger partial charge in [-0.25, -0.2) is 4.63 Å². The molecule has 0 aromatic carbocycles. The van der Waals surface area contributed by atoms with Gasteiger partial charge in [-0.05, 0) is 12.1 Å². The highest BCUT2D eigenvalue weighted by atomic mass is 16.6. The highest BCUT2D eigenvalue weighted by Crippen LogP contribution is 1.96. The number of hydrogen-bond acceptors (Lipinski definition) is 3. The van der Waals surface area contributed by atoms with Gasteiger partial charge in [0.15, 0.2) is 5.69 Å². The van der Waals surface area contributed by atoms with Crippen LogP contribution >= 0.6 is 0 Å². The van der Waals surface area contributed by atoms with E-state index < -0.39 is 0 Å². The van der Waals surface area contributed by atoms with Crippen LogP contribution in [0.4, 0.5) is 0 Å². The van der Waals surface area contributed by atoms with Crippen LogP contribution in [0.5, 0.6) is 0 Å². The number of aryl methyl sites for hydroxylation is 1. The third kappa shape index (κ3) is 2.05. The lowest BCUT2D eigenvalue weighted by molar-refractivity contribution is -0.958. The zero-order valence-electron chi connectivity index (χ0n) is 7.92. The average Bonchev–Trinajstić information content (AvgIpc) is 2.54. The van der Waals surface area contributed by atoms with Crippen molar-refractivity contribution in [2.24, 2.45) is 0 Å². The first-order chi connectivity index (χ1) is 6.36. The molecule has 1 aromatic heterocycles. The van der Waals surface area contributed by atoms with Gasteiger partial charge in [0, 0.05) is 0 Å². The highest BCUT2D eigenvalue weighted by Gasteiger charge is 2.18. The Kier molecular flexibility index (Phi) is 2.56. The Bertz CT molecular complexity index is 267. The van der Waals surface area contributed by atoms with Crippen molar-refractivity contribution >= 4 is 0 Å².